The van der Waals surface area contributed by atoms with Gasteiger partial charge in [0.2, 0.25) is 0 Å². The first kappa shape index (κ1) is 13.0. The van der Waals surface area contributed by atoms with Crippen LogP contribution < -0.4 is 0 Å². The van der Waals surface area contributed by atoms with Crippen LogP contribution >= 0.6 is 42.5 Å². The average molecular weight is 373 g/mol. The number of nitriles is 1. The molecule has 15 heavy (non-hydrogen) atoms. The summed E-state index contributed by atoms with van der Waals surface area (Å²) in [6.45, 7) is 0. The van der Waals surface area contributed by atoms with E-state index in [0.717, 1.165) is 0 Å². The van der Waals surface area contributed by atoms with Crippen molar-refractivity contribution < 1.29 is 8.42 Å². The van der Waals surface area contributed by atoms with E-state index < -0.39 is 9.05 Å². The molecule has 0 heterocycles. The van der Waals surface area contributed by atoms with Crippen molar-refractivity contribution >= 4 is 51.6 Å². The molecular formula is C8H4Br2ClNO2S. The summed E-state index contributed by atoms with van der Waals surface area (Å²) in [4.78, 5) is -0.177. The minimum Gasteiger partial charge on any atom is -0.207 e. The summed E-state index contributed by atoms with van der Waals surface area (Å²) in [5, 5.41) is 9.24. The largest absolute Gasteiger partial charge is 0.263 e. The van der Waals surface area contributed by atoms with Gasteiger partial charge in [-0.2, -0.15) is 5.26 Å². The SMILES string of the molecule is N#Cc1ccc(CBr)c(Br)c1S(=O)(=O)Cl. The summed E-state index contributed by atoms with van der Waals surface area (Å²) in [7, 11) is 1.33. The molecule has 0 amide bonds. The molecule has 0 atom stereocenters. The molecule has 1 rings (SSSR count). The lowest BCUT2D eigenvalue weighted by Crippen LogP contribution is -1.99. The Hall–Kier alpha value is -0.0900. The predicted molar refractivity (Wildman–Crippen MR) is 64.5 cm³/mol. The van der Waals surface area contributed by atoms with Gasteiger partial charge in [0, 0.05) is 20.5 Å². The third-order valence-corrected chi connectivity index (χ3v) is 4.83. The van der Waals surface area contributed by atoms with Crippen molar-refractivity contribution in [1.82, 2.24) is 0 Å². The van der Waals surface area contributed by atoms with E-state index in [1.54, 1.807) is 12.1 Å². The molecule has 0 saturated carbocycles. The van der Waals surface area contributed by atoms with Crippen LogP contribution in [0.5, 0.6) is 0 Å². The highest BCUT2D eigenvalue weighted by atomic mass is 79.9. The van der Waals surface area contributed by atoms with Gasteiger partial charge in [-0.05, 0) is 27.6 Å². The molecule has 0 N–H and O–H groups in total. The summed E-state index contributed by atoms with van der Waals surface area (Å²) in [6, 6.07) is 4.87. The number of alkyl halides is 1. The molecule has 0 unspecified atom stereocenters. The topological polar surface area (TPSA) is 57.9 Å². The maximum Gasteiger partial charge on any atom is 0.263 e. The van der Waals surface area contributed by atoms with Gasteiger partial charge >= 0.3 is 0 Å². The Morgan fingerprint density at radius 2 is 2.07 bits per heavy atom. The van der Waals surface area contributed by atoms with Gasteiger partial charge in [-0.15, -0.1) is 0 Å². The predicted octanol–water partition coefficient (Wildman–Crippen LogP) is 3.14. The summed E-state index contributed by atoms with van der Waals surface area (Å²) in [5.41, 5.74) is 0.745. The minimum atomic E-state index is -3.93. The Kier molecular flexibility index (Phi) is 4.18. The zero-order valence-electron chi connectivity index (χ0n) is 7.17. The fourth-order valence-corrected chi connectivity index (χ4v) is 4.48. The number of hydrogen-bond donors (Lipinski definition) is 0. The van der Waals surface area contributed by atoms with E-state index in [1.165, 1.54) is 6.07 Å². The van der Waals surface area contributed by atoms with Crippen LogP contribution in [-0.2, 0) is 14.4 Å². The van der Waals surface area contributed by atoms with Crippen LogP contribution in [0.3, 0.4) is 0 Å². The summed E-state index contributed by atoms with van der Waals surface area (Å²) in [5.74, 6) is 0. The first-order valence-electron chi connectivity index (χ1n) is 3.64. The minimum absolute atomic E-state index is 0.0292. The van der Waals surface area contributed by atoms with Crippen molar-refractivity contribution in [3.05, 3.63) is 27.7 Å². The van der Waals surface area contributed by atoms with Crippen LogP contribution in [0.15, 0.2) is 21.5 Å². The summed E-state index contributed by atoms with van der Waals surface area (Å²) in [6.07, 6.45) is 0. The molecule has 80 valence electrons. The van der Waals surface area contributed by atoms with Gasteiger partial charge in [0.15, 0.2) is 0 Å². The van der Waals surface area contributed by atoms with Crippen molar-refractivity contribution in [3.63, 3.8) is 0 Å². The Morgan fingerprint density at radius 3 is 2.47 bits per heavy atom. The molecule has 1 aromatic rings. The van der Waals surface area contributed by atoms with E-state index in [-0.39, 0.29) is 10.5 Å². The summed E-state index contributed by atoms with van der Waals surface area (Å²) < 4.78 is 22.9. The third-order valence-electron chi connectivity index (χ3n) is 1.69. The molecule has 3 nitrogen and oxygen atoms in total. The Labute approximate surface area is 109 Å². The van der Waals surface area contributed by atoms with Crippen molar-refractivity contribution in [2.75, 3.05) is 0 Å². The molecule has 1 aromatic carbocycles. The lowest BCUT2D eigenvalue weighted by atomic mass is 10.2. The van der Waals surface area contributed by atoms with Crippen LogP contribution in [0, 0.1) is 11.3 Å². The second-order valence-corrected chi connectivity index (χ2v) is 6.46. The standard InChI is InChI=1S/C8H4Br2ClNO2S/c9-3-5-1-2-6(4-12)8(7(5)10)15(11,13)14/h1-2H,3H2. The number of rotatable bonds is 2. The number of hydrogen-bond acceptors (Lipinski definition) is 3. The molecular weight excluding hydrogens is 369 g/mol. The molecule has 0 aromatic heterocycles. The van der Waals surface area contributed by atoms with E-state index in [4.69, 9.17) is 15.9 Å². The molecule has 0 aliphatic heterocycles. The second kappa shape index (κ2) is 4.83. The van der Waals surface area contributed by atoms with E-state index in [9.17, 15) is 8.42 Å². The van der Waals surface area contributed by atoms with Crippen LogP contribution in [0.4, 0.5) is 0 Å². The first-order valence-corrected chi connectivity index (χ1v) is 7.86. The molecule has 0 aliphatic rings. The second-order valence-electron chi connectivity index (χ2n) is 2.60. The van der Waals surface area contributed by atoms with Crippen LogP contribution in [-0.4, -0.2) is 8.42 Å². The van der Waals surface area contributed by atoms with Gasteiger partial charge < -0.3 is 0 Å². The highest BCUT2D eigenvalue weighted by Crippen LogP contribution is 2.32. The van der Waals surface area contributed by atoms with Gasteiger partial charge in [-0.25, -0.2) is 8.42 Å². The lowest BCUT2D eigenvalue weighted by Gasteiger charge is -2.06. The number of benzene rings is 1. The van der Waals surface area contributed by atoms with Crippen LogP contribution in [0.2, 0.25) is 0 Å². The van der Waals surface area contributed by atoms with Gasteiger partial charge in [0.1, 0.15) is 11.0 Å². The quantitative estimate of drug-likeness (QED) is 0.591. The van der Waals surface area contributed by atoms with E-state index >= 15 is 0 Å². The number of halogens is 3. The Balaban J connectivity index is 3.67. The van der Waals surface area contributed by atoms with Gasteiger partial charge in [-0.1, -0.05) is 22.0 Å². The first-order chi connectivity index (χ1) is 6.91. The van der Waals surface area contributed by atoms with Crippen molar-refractivity contribution in [2.24, 2.45) is 0 Å². The Bertz CT molecular complexity index is 536. The normalized spacial score (nSPS) is 11.1. The fraction of sp³-hybridized carbons (Fsp3) is 0.125. The average Bonchev–Trinajstić information content (AvgIpc) is 2.15. The monoisotopic (exact) mass is 371 g/mol. The lowest BCUT2D eigenvalue weighted by molar-refractivity contribution is 0.609. The zero-order chi connectivity index (χ0) is 11.6. The molecule has 0 saturated heterocycles. The Morgan fingerprint density at radius 1 is 1.47 bits per heavy atom. The van der Waals surface area contributed by atoms with E-state index in [2.05, 4.69) is 31.9 Å². The molecule has 0 spiro atoms. The molecule has 7 heteroatoms. The molecule has 0 aliphatic carbocycles. The third kappa shape index (κ3) is 2.72. The highest BCUT2D eigenvalue weighted by molar-refractivity contribution is 9.10. The maximum atomic E-state index is 11.3. The van der Waals surface area contributed by atoms with E-state index in [1.807, 2.05) is 0 Å². The van der Waals surface area contributed by atoms with Crippen molar-refractivity contribution in [3.8, 4) is 6.07 Å². The van der Waals surface area contributed by atoms with Crippen LogP contribution in [0.25, 0.3) is 0 Å². The zero-order valence-corrected chi connectivity index (χ0v) is 11.9. The van der Waals surface area contributed by atoms with Gasteiger partial charge in [-0.3, -0.25) is 0 Å². The van der Waals surface area contributed by atoms with E-state index in [0.29, 0.717) is 15.4 Å². The van der Waals surface area contributed by atoms with Crippen molar-refractivity contribution in [1.29, 1.82) is 5.26 Å². The molecule has 0 radical (unpaired) electrons. The van der Waals surface area contributed by atoms with Gasteiger partial charge in [0.05, 0.1) is 5.56 Å². The highest BCUT2D eigenvalue weighted by Gasteiger charge is 2.21. The molecule has 0 bridgehead atoms. The maximum absolute atomic E-state index is 11.3. The van der Waals surface area contributed by atoms with Gasteiger partial charge in [0.25, 0.3) is 9.05 Å². The summed E-state index contributed by atoms with van der Waals surface area (Å²) >= 11 is 6.33. The van der Waals surface area contributed by atoms with Crippen LogP contribution in [0.1, 0.15) is 11.1 Å². The fourth-order valence-electron chi connectivity index (χ4n) is 1.03. The van der Waals surface area contributed by atoms with Crippen molar-refractivity contribution in [2.45, 2.75) is 10.2 Å². The smallest absolute Gasteiger partial charge is 0.207 e. The molecule has 0 fully saturated rings. The number of nitrogens with zero attached hydrogens (tertiary/aromatic N) is 1.